The standard InChI is InChI=1S/C13H23N3OS/c1-4-13(5-2)8-18-12(16-13)14-9(3)11(17)15-10-6-7-10/h9-10H,4-8H2,1-3H3,(H,14,16)(H,15,17). The number of carbonyl (C=O) groups is 1. The van der Waals surface area contributed by atoms with Crippen molar-refractivity contribution in [3.05, 3.63) is 0 Å². The van der Waals surface area contributed by atoms with Gasteiger partial charge in [-0.05, 0) is 32.6 Å². The van der Waals surface area contributed by atoms with Gasteiger partial charge in [-0.15, -0.1) is 0 Å². The molecule has 0 aromatic carbocycles. The Morgan fingerprint density at radius 2 is 2.22 bits per heavy atom. The van der Waals surface area contributed by atoms with Crippen LogP contribution in [0.4, 0.5) is 0 Å². The topological polar surface area (TPSA) is 53.5 Å². The first kappa shape index (κ1) is 13.7. The summed E-state index contributed by atoms with van der Waals surface area (Å²) in [4.78, 5) is 16.3. The third-order valence-electron chi connectivity index (χ3n) is 3.82. The number of carbonyl (C=O) groups excluding carboxylic acids is 1. The molecule has 1 atom stereocenters. The maximum Gasteiger partial charge on any atom is 0.244 e. The highest BCUT2D eigenvalue weighted by Crippen LogP contribution is 2.29. The molecule has 1 unspecified atom stereocenters. The third-order valence-corrected chi connectivity index (χ3v) is 5.00. The van der Waals surface area contributed by atoms with Gasteiger partial charge in [-0.25, -0.2) is 4.99 Å². The highest BCUT2D eigenvalue weighted by atomic mass is 32.2. The van der Waals surface area contributed by atoms with Gasteiger partial charge in [-0.2, -0.15) is 0 Å². The minimum atomic E-state index is -0.287. The van der Waals surface area contributed by atoms with Gasteiger partial charge in [-0.1, -0.05) is 25.6 Å². The zero-order valence-corrected chi connectivity index (χ0v) is 12.3. The van der Waals surface area contributed by atoms with Crippen LogP contribution in [0.5, 0.6) is 0 Å². The van der Waals surface area contributed by atoms with Crippen molar-refractivity contribution in [1.82, 2.24) is 10.6 Å². The molecule has 1 aliphatic carbocycles. The summed E-state index contributed by atoms with van der Waals surface area (Å²) < 4.78 is 0. The van der Waals surface area contributed by atoms with Crippen molar-refractivity contribution in [2.24, 2.45) is 4.99 Å². The molecule has 2 N–H and O–H groups in total. The minimum Gasteiger partial charge on any atom is -0.359 e. The normalized spacial score (nSPS) is 25.8. The van der Waals surface area contributed by atoms with Crippen molar-refractivity contribution < 1.29 is 4.79 Å². The van der Waals surface area contributed by atoms with Gasteiger partial charge in [0.1, 0.15) is 6.04 Å². The van der Waals surface area contributed by atoms with Crippen LogP contribution in [-0.4, -0.2) is 34.5 Å². The van der Waals surface area contributed by atoms with Crippen molar-refractivity contribution in [2.45, 2.75) is 64.1 Å². The Hall–Kier alpha value is -0.710. The van der Waals surface area contributed by atoms with Crippen molar-refractivity contribution >= 4 is 22.8 Å². The third kappa shape index (κ3) is 3.19. The Morgan fingerprint density at radius 3 is 2.72 bits per heavy atom. The molecule has 5 heteroatoms. The van der Waals surface area contributed by atoms with Crippen molar-refractivity contribution in [3.63, 3.8) is 0 Å². The van der Waals surface area contributed by atoms with Gasteiger partial charge in [0.25, 0.3) is 0 Å². The second-order valence-corrected chi connectivity index (χ2v) is 6.26. The Kier molecular flexibility index (Phi) is 4.20. The maximum atomic E-state index is 11.8. The summed E-state index contributed by atoms with van der Waals surface area (Å²) in [5, 5.41) is 7.41. The van der Waals surface area contributed by atoms with Crippen LogP contribution in [0.3, 0.4) is 0 Å². The van der Waals surface area contributed by atoms with E-state index in [1.54, 1.807) is 11.8 Å². The molecule has 0 spiro atoms. The molecule has 2 aliphatic rings. The second kappa shape index (κ2) is 5.51. The van der Waals surface area contributed by atoms with Crippen LogP contribution in [0.2, 0.25) is 0 Å². The average molecular weight is 269 g/mol. The molecule has 18 heavy (non-hydrogen) atoms. The molecule has 0 aromatic rings. The van der Waals surface area contributed by atoms with Crippen molar-refractivity contribution in [1.29, 1.82) is 0 Å². The molecule has 4 nitrogen and oxygen atoms in total. The summed E-state index contributed by atoms with van der Waals surface area (Å²) in [5.41, 5.74) is 0.177. The molecule has 0 bridgehead atoms. The number of nitrogens with one attached hydrogen (secondary N) is 2. The highest BCUT2D eigenvalue weighted by Gasteiger charge is 2.34. The molecule has 1 heterocycles. The largest absolute Gasteiger partial charge is 0.359 e. The first-order valence-electron chi connectivity index (χ1n) is 6.87. The van der Waals surface area contributed by atoms with Crippen LogP contribution < -0.4 is 10.6 Å². The quantitative estimate of drug-likeness (QED) is 0.801. The SMILES string of the molecule is CCC1(CC)CSC(=NC(C)C(=O)NC2CC2)N1. The minimum absolute atomic E-state index is 0.0536. The first-order valence-corrected chi connectivity index (χ1v) is 7.86. The second-order valence-electron chi connectivity index (χ2n) is 5.29. The van der Waals surface area contributed by atoms with Crippen LogP contribution in [0.15, 0.2) is 4.99 Å². The van der Waals surface area contributed by atoms with Crippen LogP contribution in [-0.2, 0) is 4.79 Å². The van der Waals surface area contributed by atoms with Crippen molar-refractivity contribution in [3.8, 4) is 0 Å². The lowest BCUT2D eigenvalue weighted by Crippen LogP contribution is -2.43. The van der Waals surface area contributed by atoms with E-state index in [1.807, 2.05) is 6.92 Å². The summed E-state index contributed by atoms with van der Waals surface area (Å²) >= 11 is 1.74. The van der Waals surface area contributed by atoms with Gasteiger partial charge in [0.15, 0.2) is 5.17 Å². The Balaban J connectivity index is 1.90. The smallest absolute Gasteiger partial charge is 0.244 e. The summed E-state index contributed by atoms with van der Waals surface area (Å²) in [5.74, 6) is 1.10. The van der Waals surface area contributed by atoms with Gasteiger partial charge < -0.3 is 10.6 Å². The molecule has 2 rings (SSSR count). The molecule has 0 aromatic heterocycles. The zero-order chi connectivity index (χ0) is 13.2. The Bertz CT molecular complexity index is 348. The summed E-state index contributed by atoms with van der Waals surface area (Å²) in [6.07, 6.45) is 4.43. The van der Waals surface area contributed by atoms with E-state index in [2.05, 4.69) is 29.5 Å². The van der Waals surface area contributed by atoms with E-state index in [4.69, 9.17) is 0 Å². The van der Waals surface area contributed by atoms with Gasteiger partial charge in [0.05, 0.1) is 0 Å². The number of rotatable bonds is 5. The number of hydrogen-bond acceptors (Lipinski definition) is 3. The van der Waals surface area contributed by atoms with E-state index in [0.29, 0.717) is 6.04 Å². The lowest BCUT2D eigenvalue weighted by molar-refractivity contribution is -0.122. The van der Waals surface area contributed by atoms with Crippen LogP contribution in [0.1, 0.15) is 46.5 Å². The molecule has 0 radical (unpaired) electrons. The van der Waals surface area contributed by atoms with E-state index in [9.17, 15) is 4.79 Å². The molecule has 1 amide bonds. The summed E-state index contributed by atoms with van der Waals surface area (Å²) in [6.45, 7) is 6.26. The van der Waals surface area contributed by atoms with E-state index in [-0.39, 0.29) is 17.5 Å². The summed E-state index contributed by atoms with van der Waals surface area (Å²) in [6, 6.07) is 0.125. The van der Waals surface area contributed by atoms with Gasteiger partial charge in [-0.3, -0.25) is 4.79 Å². The van der Waals surface area contributed by atoms with E-state index >= 15 is 0 Å². The number of thioether (sulfide) groups is 1. The molecule has 1 aliphatic heterocycles. The highest BCUT2D eigenvalue weighted by molar-refractivity contribution is 8.14. The molecule has 2 fully saturated rings. The fourth-order valence-electron chi connectivity index (χ4n) is 1.99. The first-order chi connectivity index (χ1) is 8.58. The number of amides is 1. The predicted molar refractivity (Wildman–Crippen MR) is 77.0 cm³/mol. The fraction of sp³-hybridized carbons (Fsp3) is 0.846. The predicted octanol–water partition coefficient (Wildman–Crippen LogP) is 1.90. The van der Waals surface area contributed by atoms with Crippen LogP contribution >= 0.6 is 11.8 Å². The van der Waals surface area contributed by atoms with Crippen LogP contribution in [0, 0.1) is 0 Å². The number of hydrogen-bond donors (Lipinski definition) is 2. The fourth-order valence-corrected chi connectivity index (χ4v) is 3.40. The monoisotopic (exact) mass is 269 g/mol. The van der Waals surface area contributed by atoms with Gasteiger partial charge in [0, 0.05) is 17.3 Å². The van der Waals surface area contributed by atoms with Crippen molar-refractivity contribution in [2.75, 3.05) is 5.75 Å². The maximum absolute atomic E-state index is 11.8. The average Bonchev–Trinajstić information content (AvgIpc) is 3.08. The lowest BCUT2D eigenvalue weighted by atomic mass is 9.96. The molecular formula is C13H23N3OS. The van der Waals surface area contributed by atoms with E-state index in [0.717, 1.165) is 36.6 Å². The summed E-state index contributed by atoms with van der Waals surface area (Å²) in [7, 11) is 0. The van der Waals surface area contributed by atoms with Gasteiger partial charge in [0.2, 0.25) is 5.91 Å². The number of nitrogens with zero attached hydrogens (tertiary/aromatic N) is 1. The molecule has 1 saturated heterocycles. The number of amidine groups is 1. The van der Waals surface area contributed by atoms with Gasteiger partial charge >= 0.3 is 0 Å². The zero-order valence-electron chi connectivity index (χ0n) is 11.5. The molecule has 1 saturated carbocycles. The number of aliphatic imine (C=N–C) groups is 1. The van der Waals surface area contributed by atoms with Crippen LogP contribution in [0.25, 0.3) is 0 Å². The molecule has 102 valence electrons. The van der Waals surface area contributed by atoms with E-state index < -0.39 is 0 Å². The Morgan fingerprint density at radius 1 is 1.56 bits per heavy atom. The lowest BCUT2D eigenvalue weighted by Gasteiger charge is -2.25. The Labute approximate surface area is 113 Å². The van der Waals surface area contributed by atoms with E-state index in [1.165, 1.54) is 0 Å². The molecular weight excluding hydrogens is 246 g/mol.